The fraction of sp³-hybridized carbons (Fsp3) is 0.0667. The minimum atomic E-state index is -0.811. The number of rotatable bonds is 10. The smallest absolute Gasteiger partial charge is 0.319 e. The topological polar surface area (TPSA) is 255 Å². The van der Waals surface area contributed by atoms with Crippen LogP contribution in [0.3, 0.4) is 0 Å². The van der Waals surface area contributed by atoms with Gasteiger partial charge in [-0.25, -0.2) is 9.59 Å². The maximum Gasteiger partial charge on any atom is 0.319 e. The lowest BCUT2D eigenvalue weighted by molar-refractivity contribution is -0.394. The number of nitro benzene ring substituents is 4. The van der Waals surface area contributed by atoms with E-state index >= 15 is 0 Å². The summed E-state index contributed by atoms with van der Waals surface area (Å²) in [6, 6.07) is 18.4. The Hall–Kier alpha value is -7.24. The lowest BCUT2D eigenvalue weighted by Crippen LogP contribution is -2.29. The number of carbonyl (C=O) groups is 2. The second-order valence-electron chi connectivity index (χ2n) is 10.2. The molecule has 0 saturated carbocycles. The molecule has 0 fully saturated rings. The molecule has 0 aliphatic carbocycles. The Labute approximate surface area is 268 Å². The fourth-order valence-electron chi connectivity index (χ4n) is 5.13. The molecule has 0 heterocycles. The van der Waals surface area contributed by atoms with Crippen molar-refractivity contribution in [3.05, 3.63) is 137 Å². The zero-order valence-corrected chi connectivity index (χ0v) is 24.4. The zero-order valence-electron chi connectivity index (χ0n) is 24.4. The Morgan fingerprint density at radius 1 is 0.479 bits per heavy atom. The van der Waals surface area contributed by atoms with E-state index in [0.717, 1.165) is 36.4 Å². The zero-order chi connectivity index (χ0) is 34.5. The summed E-state index contributed by atoms with van der Waals surface area (Å²) >= 11 is 0. The molecule has 5 aromatic rings. The van der Waals surface area contributed by atoms with Gasteiger partial charge in [0.15, 0.2) is 0 Å². The molecule has 0 aliphatic heterocycles. The van der Waals surface area contributed by atoms with E-state index in [4.69, 9.17) is 0 Å². The molecule has 18 nitrogen and oxygen atoms in total. The van der Waals surface area contributed by atoms with Crippen molar-refractivity contribution in [2.45, 2.75) is 13.1 Å². The van der Waals surface area contributed by atoms with Crippen molar-refractivity contribution in [1.82, 2.24) is 10.6 Å². The molecule has 0 saturated heterocycles. The average molecular weight is 655 g/mol. The van der Waals surface area contributed by atoms with Crippen LogP contribution in [-0.2, 0) is 13.1 Å². The van der Waals surface area contributed by atoms with Crippen LogP contribution in [0.1, 0.15) is 11.1 Å². The number of hydrogen-bond donors (Lipinski definition) is 4. The van der Waals surface area contributed by atoms with Gasteiger partial charge in [0.25, 0.3) is 22.7 Å². The van der Waals surface area contributed by atoms with Crippen molar-refractivity contribution in [2.24, 2.45) is 0 Å². The third kappa shape index (κ3) is 7.01. The van der Waals surface area contributed by atoms with Gasteiger partial charge in [0, 0.05) is 37.4 Å². The fourth-order valence-corrected chi connectivity index (χ4v) is 5.13. The molecule has 4 amide bonds. The van der Waals surface area contributed by atoms with Crippen molar-refractivity contribution < 1.29 is 29.3 Å². The van der Waals surface area contributed by atoms with Gasteiger partial charge in [-0.3, -0.25) is 40.5 Å². The molecule has 0 bridgehead atoms. The van der Waals surface area contributed by atoms with Crippen LogP contribution >= 0.6 is 0 Å². The molecule has 0 spiro atoms. The summed E-state index contributed by atoms with van der Waals surface area (Å²) in [4.78, 5) is 67.3. The van der Waals surface area contributed by atoms with Crippen molar-refractivity contribution >= 4 is 67.7 Å². The molecule has 4 N–H and O–H groups in total. The number of nitrogens with zero attached hydrogens (tertiary/aromatic N) is 4. The normalized spacial score (nSPS) is 10.7. The van der Waals surface area contributed by atoms with E-state index in [1.54, 1.807) is 24.3 Å². The van der Waals surface area contributed by atoms with Crippen LogP contribution in [0.2, 0.25) is 0 Å². The summed E-state index contributed by atoms with van der Waals surface area (Å²) in [7, 11) is 0. The maximum atomic E-state index is 12.8. The largest absolute Gasteiger partial charge is 0.334 e. The number of anilines is 2. The highest BCUT2D eigenvalue weighted by Crippen LogP contribution is 2.33. The van der Waals surface area contributed by atoms with E-state index in [1.165, 1.54) is 0 Å². The summed E-state index contributed by atoms with van der Waals surface area (Å²) in [6.07, 6.45) is 0. The number of hydrogen-bond acceptors (Lipinski definition) is 10. The lowest BCUT2D eigenvalue weighted by Gasteiger charge is -2.18. The van der Waals surface area contributed by atoms with Crippen LogP contribution in [0, 0.1) is 40.5 Å². The van der Waals surface area contributed by atoms with Crippen molar-refractivity contribution in [3.63, 3.8) is 0 Å². The Bertz CT molecular complexity index is 1900. The van der Waals surface area contributed by atoms with Gasteiger partial charge < -0.3 is 21.3 Å². The molecule has 5 aromatic carbocycles. The van der Waals surface area contributed by atoms with Crippen molar-refractivity contribution in [1.29, 1.82) is 0 Å². The van der Waals surface area contributed by atoms with Crippen LogP contribution < -0.4 is 21.3 Å². The van der Waals surface area contributed by atoms with Crippen LogP contribution in [0.5, 0.6) is 0 Å². The summed E-state index contributed by atoms with van der Waals surface area (Å²) in [5.74, 6) is 0. The summed E-state index contributed by atoms with van der Waals surface area (Å²) in [6.45, 7) is -0.0483. The average Bonchev–Trinajstić information content (AvgIpc) is 3.05. The lowest BCUT2D eigenvalue weighted by atomic mass is 9.91. The highest BCUT2D eigenvalue weighted by Gasteiger charge is 2.20. The minimum absolute atomic E-state index is 0.0242. The number of fused-ring (bicyclic) bond motifs is 2. The first kappa shape index (κ1) is 32.2. The number of nitrogens with one attached hydrogen (secondary N) is 4. The molecule has 0 unspecified atom stereocenters. The summed E-state index contributed by atoms with van der Waals surface area (Å²) in [5.41, 5.74) is -1.19. The third-order valence-corrected chi connectivity index (χ3v) is 7.17. The standard InChI is InChI=1S/C30H22N8O10/c39-29(33-17-9-19(35(41)42)13-20(10-17)36(43)44)31-15-27-23-5-1-2-6-24(23)28(26-8-4-3-7-25(26)27)16-32-30(40)34-18-11-21(37(45)46)14-22(12-18)38(47)48/h1-14H,15-16H2,(H2,31,33,39)(H2,32,34,40). The van der Waals surface area contributed by atoms with Crippen molar-refractivity contribution in [2.75, 3.05) is 10.6 Å². The first-order valence-corrected chi connectivity index (χ1v) is 13.8. The number of benzene rings is 5. The van der Waals surface area contributed by atoms with Crippen LogP contribution in [0.15, 0.2) is 84.9 Å². The first-order valence-electron chi connectivity index (χ1n) is 13.8. The number of carbonyl (C=O) groups excluding carboxylic acids is 2. The number of nitro groups is 4. The van der Waals surface area contributed by atoms with Gasteiger partial charge in [-0.05, 0) is 32.7 Å². The van der Waals surface area contributed by atoms with E-state index < -0.39 is 54.5 Å². The van der Waals surface area contributed by atoms with Crippen LogP contribution in [-0.4, -0.2) is 31.8 Å². The predicted molar refractivity (Wildman–Crippen MR) is 173 cm³/mol. The number of urea groups is 2. The Morgan fingerprint density at radius 3 is 1.00 bits per heavy atom. The molecule has 0 aromatic heterocycles. The molecular formula is C30H22N8O10. The Kier molecular flexibility index (Phi) is 8.98. The van der Waals surface area contributed by atoms with Crippen LogP contribution in [0.4, 0.5) is 43.7 Å². The molecule has 18 heteroatoms. The summed E-state index contributed by atoms with van der Waals surface area (Å²) in [5, 5.41) is 57.9. The monoisotopic (exact) mass is 654 g/mol. The molecule has 48 heavy (non-hydrogen) atoms. The summed E-state index contributed by atoms with van der Waals surface area (Å²) < 4.78 is 0. The van der Waals surface area contributed by atoms with E-state index in [9.17, 15) is 50.0 Å². The van der Waals surface area contributed by atoms with Crippen LogP contribution in [0.25, 0.3) is 21.5 Å². The van der Waals surface area contributed by atoms with E-state index in [0.29, 0.717) is 32.7 Å². The highest BCUT2D eigenvalue weighted by atomic mass is 16.6. The van der Waals surface area contributed by atoms with E-state index in [2.05, 4.69) is 21.3 Å². The molecule has 0 atom stereocenters. The molecule has 0 radical (unpaired) electrons. The van der Waals surface area contributed by atoms with Gasteiger partial charge in [-0.1, -0.05) is 48.5 Å². The molecule has 242 valence electrons. The van der Waals surface area contributed by atoms with Crippen molar-refractivity contribution in [3.8, 4) is 0 Å². The van der Waals surface area contributed by atoms with E-state index in [1.807, 2.05) is 24.3 Å². The Morgan fingerprint density at radius 2 is 0.750 bits per heavy atom. The number of non-ortho nitro benzene ring substituents is 4. The quantitative estimate of drug-likeness (QED) is 0.0745. The molecule has 0 aliphatic rings. The van der Waals surface area contributed by atoms with Gasteiger partial charge in [0.2, 0.25) is 0 Å². The minimum Gasteiger partial charge on any atom is -0.334 e. The second kappa shape index (κ2) is 13.4. The molecular weight excluding hydrogens is 632 g/mol. The van der Waals surface area contributed by atoms with E-state index in [-0.39, 0.29) is 24.5 Å². The Balaban J connectivity index is 1.39. The van der Waals surface area contributed by atoms with Gasteiger partial charge >= 0.3 is 12.1 Å². The highest BCUT2D eigenvalue weighted by molar-refractivity contribution is 6.06. The number of amides is 4. The second-order valence-corrected chi connectivity index (χ2v) is 10.2. The predicted octanol–water partition coefficient (Wildman–Crippen LogP) is 6.27. The van der Waals surface area contributed by atoms with Gasteiger partial charge in [0.1, 0.15) is 0 Å². The maximum absolute atomic E-state index is 12.8. The third-order valence-electron chi connectivity index (χ3n) is 7.17. The van der Waals surface area contributed by atoms with Gasteiger partial charge in [-0.15, -0.1) is 0 Å². The van der Waals surface area contributed by atoms with Gasteiger partial charge in [0.05, 0.1) is 43.2 Å². The molecule has 5 rings (SSSR count). The SMILES string of the molecule is O=C(NCc1c2ccccc2c(CNC(=O)Nc2cc([N+](=O)[O-])cc([N+](=O)[O-])c2)c2ccccc12)Nc1cc([N+](=O)[O-])cc([N+](=O)[O-])c1. The van der Waals surface area contributed by atoms with Gasteiger partial charge in [-0.2, -0.15) is 0 Å². The first-order chi connectivity index (χ1) is 22.9.